The molecule has 31 heavy (non-hydrogen) atoms. The number of rotatable bonds is 5. The zero-order valence-electron chi connectivity index (χ0n) is 21.6. The molecule has 1 heteroatoms. The summed E-state index contributed by atoms with van der Waals surface area (Å²) < 4.78 is 0. The Labute approximate surface area is 194 Å². The SMILES string of the molecule is C=CC.CC(C)CCC[C@@H](C)[C@H]1CC[C@H]2[C@@H]3CC=C4C[C@@H](O)CC[C@]4(C)[C@H]3CC[C@]12C. The highest BCUT2D eigenvalue weighted by atomic mass is 16.3. The van der Waals surface area contributed by atoms with Crippen molar-refractivity contribution >= 4 is 0 Å². The molecule has 4 aliphatic rings. The van der Waals surface area contributed by atoms with Gasteiger partial charge in [-0.2, -0.15) is 0 Å². The van der Waals surface area contributed by atoms with Crippen LogP contribution in [0, 0.1) is 46.3 Å². The summed E-state index contributed by atoms with van der Waals surface area (Å²) in [5, 5.41) is 10.2. The lowest BCUT2D eigenvalue weighted by molar-refractivity contribution is -0.0573. The third-order valence-electron chi connectivity index (χ3n) is 10.3. The molecule has 0 aromatic rings. The predicted molar refractivity (Wildman–Crippen MR) is 135 cm³/mol. The van der Waals surface area contributed by atoms with Gasteiger partial charge in [0.2, 0.25) is 0 Å². The van der Waals surface area contributed by atoms with Crippen LogP contribution in [0.5, 0.6) is 0 Å². The van der Waals surface area contributed by atoms with E-state index in [1.54, 1.807) is 11.6 Å². The Hall–Kier alpha value is -0.560. The second-order valence-corrected chi connectivity index (χ2v) is 12.6. The largest absolute Gasteiger partial charge is 0.393 e. The second kappa shape index (κ2) is 10.1. The van der Waals surface area contributed by atoms with E-state index >= 15 is 0 Å². The van der Waals surface area contributed by atoms with E-state index in [1.165, 1.54) is 57.8 Å². The van der Waals surface area contributed by atoms with Gasteiger partial charge >= 0.3 is 0 Å². The van der Waals surface area contributed by atoms with Crippen molar-refractivity contribution in [3.05, 3.63) is 24.3 Å². The second-order valence-electron chi connectivity index (χ2n) is 12.6. The first kappa shape index (κ1) is 25.1. The lowest BCUT2D eigenvalue weighted by atomic mass is 9.47. The van der Waals surface area contributed by atoms with Crippen molar-refractivity contribution < 1.29 is 5.11 Å². The van der Waals surface area contributed by atoms with Gasteiger partial charge in [0.25, 0.3) is 0 Å². The van der Waals surface area contributed by atoms with E-state index in [4.69, 9.17) is 0 Å². The molecule has 0 heterocycles. The van der Waals surface area contributed by atoms with Crippen LogP contribution < -0.4 is 0 Å². The highest BCUT2D eigenvalue weighted by Gasteiger charge is 2.59. The summed E-state index contributed by atoms with van der Waals surface area (Å²) >= 11 is 0. The number of aliphatic hydroxyl groups is 1. The molecule has 1 nitrogen and oxygen atoms in total. The third-order valence-corrected chi connectivity index (χ3v) is 10.3. The lowest BCUT2D eigenvalue weighted by Gasteiger charge is -2.58. The van der Waals surface area contributed by atoms with Gasteiger partial charge in [-0.1, -0.05) is 71.6 Å². The molecule has 3 saturated carbocycles. The van der Waals surface area contributed by atoms with Crippen LogP contribution in [0.25, 0.3) is 0 Å². The summed E-state index contributed by atoms with van der Waals surface area (Å²) in [5.74, 6) is 5.46. The molecule has 0 aromatic heterocycles. The fourth-order valence-corrected chi connectivity index (χ4v) is 8.67. The van der Waals surface area contributed by atoms with Crippen molar-refractivity contribution in [3.8, 4) is 0 Å². The summed E-state index contributed by atoms with van der Waals surface area (Å²) in [6.07, 6.45) is 18.9. The fraction of sp³-hybridized carbons (Fsp3) is 0.867. The van der Waals surface area contributed by atoms with E-state index in [2.05, 4.69) is 47.3 Å². The van der Waals surface area contributed by atoms with Gasteiger partial charge in [-0.15, -0.1) is 6.58 Å². The fourth-order valence-electron chi connectivity index (χ4n) is 8.67. The first-order chi connectivity index (χ1) is 14.7. The van der Waals surface area contributed by atoms with E-state index < -0.39 is 0 Å². The van der Waals surface area contributed by atoms with E-state index in [1.807, 2.05) is 6.92 Å². The maximum Gasteiger partial charge on any atom is 0.0577 e. The third kappa shape index (κ3) is 4.87. The molecule has 0 amide bonds. The first-order valence-electron chi connectivity index (χ1n) is 13.6. The maximum atomic E-state index is 10.2. The van der Waals surface area contributed by atoms with Crippen LogP contribution in [0.15, 0.2) is 24.3 Å². The predicted octanol–water partition coefficient (Wildman–Crippen LogP) is 8.58. The van der Waals surface area contributed by atoms with Crippen molar-refractivity contribution in [1.82, 2.24) is 0 Å². The van der Waals surface area contributed by atoms with Crippen LogP contribution in [0.4, 0.5) is 0 Å². The number of hydrogen-bond acceptors (Lipinski definition) is 1. The molecule has 0 bridgehead atoms. The molecule has 178 valence electrons. The molecule has 3 fully saturated rings. The summed E-state index contributed by atoms with van der Waals surface area (Å²) in [5.41, 5.74) is 2.60. The standard InChI is InChI=1S/C27H46O.C3H6/c1-18(2)7-6-8-19(3)23-11-12-24-22-10-9-20-17-21(28)13-15-26(20,4)25(22)14-16-27(23,24)5;1-3-2/h9,18-19,21-25,28H,6-8,10-17H2,1-5H3;3H,1H2,2H3/t19-,21+,22+,23-,24+,25+,26+,27-;/m1./s1. The molecule has 4 rings (SSSR count). The number of fused-ring (bicyclic) bond motifs is 5. The minimum atomic E-state index is -0.0766. The Morgan fingerprint density at radius 2 is 1.77 bits per heavy atom. The van der Waals surface area contributed by atoms with Gasteiger partial charge in [0, 0.05) is 0 Å². The van der Waals surface area contributed by atoms with Crippen LogP contribution in [0.2, 0.25) is 0 Å². The van der Waals surface area contributed by atoms with Crippen LogP contribution in [0.3, 0.4) is 0 Å². The minimum Gasteiger partial charge on any atom is -0.393 e. The number of allylic oxidation sites excluding steroid dienone is 2. The highest BCUT2D eigenvalue weighted by Crippen LogP contribution is 2.67. The van der Waals surface area contributed by atoms with Gasteiger partial charge in [0.1, 0.15) is 0 Å². The Kier molecular flexibility index (Phi) is 8.21. The molecule has 4 aliphatic carbocycles. The van der Waals surface area contributed by atoms with E-state index in [0.29, 0.717) is 10.8 Å². The summed E-state index contributed by atoms with van der Waals surface area (Å²) in [6.45, 7) is 17.8. The first-order valence-corrected chi connectivity index (χ1v) is 13.6. The smallest absolute Gasteiger partial charge is 0.0577 e. The van der Waals surface area contributed by atoms with Gasteiger partial charge < -0.3 is 5.11 Å². The highest BCUT2D eigenvalue weighted by molar-refractivity contribution is 5.25. The van der Waals surface area contributed by atoms with Crippen LogP contribution in [-0.2, 0) is 0 Å². The normalized spacial score (nSPS) is 42.5. The minimum absolute atomic E-state index is 0.0766. The Morgan fingerprint density at radius 3 is 2.45 bits per heavy atom. The van der Waals surface area contributed by atoms with Crippen molar-refractivity contribution in [1.29, 1.82) is 0 Å². The van der Waals surface area contributed by atoms with E-state index in [-0.39, 0.29) is 6.10 Å². The van der Waals surface area contributed by atoms with Gasteiger partial charge in [0.15, 0.2) is 0 Å². The van der Waals surface area contributed by atoms with Gasteiger partial charge in [-0.25, -0.2) is 0 Å². The topological polar surface area (TPSA) is 20.2 Å². The van der Waals surface area contributed by atoms with Gasteiger partial charge in [-0.3, -0.25) is 0 Å². The Morgan fingerprint density at radius 1 is 1.06 bits per heavy atom. The average molecular weight is 429 g/mol. The van der Waals surface area contributed by atoms with Gasteiger partial charge in [0.05, 0.1) is 6.10 Å². The molecular formula is C30H52O. The molecule has 0 spiro atoms. The molecule has 0 aromatic carbocycles. The molecule has 0 aliphatic heterocycles. The van der Waals surface area contributed by atoms with Crippen molar-refractivity contribution in [2.75, 3.05) is 0 Å². The molecule has 0 saturated heterocycles. The van der Waals surface area contributed by atoms with Crippen molar-refractivity contribution in [2.45, 2.75) is 118 Å². The quantitative estimate of drug-likeness (QED) is 0.435. The molecular weight excluding hydrogens is 376 g/mol. The van der Waals surface area contributed by atoms with Crippen LogP contribution >= 0.6 is 0 Å². The Bertz CT molecular complexity index is 632. The lowest BCUT2D eigenvalue weighted by Crippen LogP contribution is -2.50. The maximum absolute atomic E-state index is 10.2. The zero-order chi connectivity index (χ0) is 22.8. The molecule has 1 N–H and O–H groups in total. The van der Waals surface area contributed by atoms with E-state index in [9.17, 15) is 5.11 Å². The summed E-state index contributed by atoms with van der Waals surface area (Å²) in [4.78, 5) is 0. The van der Waals surface area contributed by atoms with Crippen LogP contribution in [0.1, 0.15) is 112 Å². The number of hydrogen-bond donors (Lipinski definition) is 1. The average Bonchev–Trinajstić information content (AvgIpc) is 3.06. The summed E-state index contributed by atoms with van der Waals surface area (Å²) in [7, 11) is 0. The summed E-state index contributed by atoms with van der Waals surface area (Å²) in [6, 6.07) is 0. The molecule has 0 radical (unpaired) electrons. The van der Waals surface area contributed by atoms with Crippen LogP contribution in [-0.4, -0.2) is 11.2 Å². The Balaban J connectivity index is 0.000000858. The van der Waals surface area contributed by atoms with Gasteiger partial charge in [-0.05, 0) is 105 Å². The molecule has 0 unspecified atom stereocenters. The monoisotopic (exact) mass is 428 g/mol. The van der Waals surface area contributed by atoms with Crippen molar-refractivity contribution in [3.63, 3.8) is 0 Å². The van der Waals surface area contributed by atoms with Crippen molar-refractivity contribution in [2.24, 2.45) is 46.3 Å². The zero-order valence-corrected chi connectivity index (χ0v) is 21.6. The van der Waals surface area contributed by atoms with E-state index in [0.717, 1.165) is 48.3 Å². The number of aliphatic hydroxyl groups excluding tert-OH is 1. The molecule has 8 atom stereocenters.